The third-order valence-corrected chi connectivity index (χ3v) is 3.84. The molecule has 0 bridgehead atoms. The van der Waals surface area contributed by atoms with Crippen LogP contribution < -0.4 is 10.1 Å². The van der Waals surface area contributed by atoms with Gasteiger partial charge in [-0.15, -0.1) is 0 Å². The molecular weight excluding hydrogens is 294 g/mol. The van der Waals surface area contributed by atoms with Gasteiger partial charge >= 0.3 is 0 Å². The molecular formula is C17H23N3O3. The van der Waals surface area contributed by atoms with Crippen LogP contribution in [0, 0.1) is 6.92 Å². The maximum Gasteiger partial charge on any atom is 0.226 e. The Morgan fingerprint density at radius 2 is 2.17 bits per heavy atom. The van der Waals surface area contributed by atoms with Gasteiger partial charge in [-0.3, -0.25) is 9.69 Å². The number of rotatable bonds is 7. The number of benzene rings is 1. The molecule has 23 heavy (non-hydrogen) atoms. The molecule has 6 heteroatoms. The van der Waals surface area contributed by atoms with Crippen LogP contribution in [0.1, 0.15) is 30.7 Å². The van der Waals surface area contributed by atoms with Gasteiger partial charge < -0.3 is 14.6 Å². The number of amides is 1. The number of carbonyl (C=O) groups excluding carboxylic acids is 1. The molecule has 0 aliphatic heterocycles. The quantitative estimate of drug-likeness (QED) is 0.850. The number of para-hydroxylation sites is 1. The summed E-state index contributed by atoms with van der Waals surface area (Å²) in [5.74, 6) is 1.89. The average molecular weight is 317 g/mol. The van der Waals surface area contributed by atoms with E-state index in [-0.39, 0.29) is 11.9 Å². The van der Waals surface area contributed by atoms with Gasteiger partial charge in [-0.05, 0) is 27.0 Å². The molecule has 1 aromatic heterocycles. The first-order valence-electron chi connectivity index (χ1n) is 7.57. The van der Waals surface area contributed by atoms with Gasteiger partial charge in [-0.25, -0.2) is 0 Å². The van der Waals surface area contributed by atoms with E-state index in [1.807, 2.05) is 31.3 Å². The molecule has 124 valence electrons. The first-order chi connectivity index (χ1) is 11.0. The van der Waals surface area contributed by atoms with Crippen molar-refractivity contribution in [2.75, 3.05) is 26.0 Å². The second-order valence-corrected chi connectivity index (χ2v) is 5.52. The predicted molar refractivity (Wildman–Crippen MR) is 88.5 cm³/mol. The van der Waals surface area contributed by atoms with Crippen LogP contribution in [0.4, 0.5) is 5.82 Å². The number of ether oxygens (including phenoxy) is 1. The van der Waals surface area contributed by atoms with E-state index in [9.17, 15) is 4.79 Å². The topological polar surface area (TPSA) is 67.6 Å². The highest BCUT2D eigenvalue weighted by Crippen LogP contribution is 2.28. The summed E-state index contributed by atoms with van der Waals surface area (Å²) in [6.07, 6.45) is 0.377. The number of anilines is 1. The minimum atomic E-state index is -0.0858. The molecule has 0 aliphatic rings. The number of methoxy groups -OCH3 is 1. The van der Waals surface area contributed by atoms with Crippen LogP contribution in [0.15, 0.2) is 34.9 Å². The van der Waals surface area contributed by atoms with Gasteiger partial charge in [0.1, 0.15) is 11.5 Å². The lowest BCUT2D eigenvalue weighted by atomic mass is 10.1. The third kappa shape index (κ3) is 4.56. The van der Waals surface area contributed by atoms with Gasteiger partial charge in [-0.1, -0.05) is 23.4 Å². The lowest BCUT2D eigenvalue weighted by Gasteiger charge is -2.26. The fourth-order valence-corrected chi connectivity index (χ4v) is 2.35. The largest absolute Gasteiger partial charge is 0.496 e. The molecule has 0 aliphatic carbocycles. The van der Waals surface area contributed by atoms with Crippen molar-refractivity contribution in [2.45, 2.75) is 26.3 Å². The molecule has 1 heterocycles. The molecule has 0 saturated heterocycles. The van der Waals surface area contributed by atoms with Crippen molar-refractivity contribution in [3.05, 3.63) is 41.7 Å². The molecule has 2 aromatic rings. The van der Waals surface area contributed by atoms with E-state index in [1.165, 1.54) is 0 Å². The lowest BCUT2D eigenvalue weighted by molar-refractivity contribution is -0.116. The number of nitrogens with zero attached hydrogens (tertiary/aromatic N) is 2. The van der Waals surface area contributed by atoms with Crippen molar-refractivity contribution in [1.82, 2.24) is 10.1 Å². The highest BCUT2D eigenvalue weighted by Gasteiger charge is 2.16. The van der Waals surface area contributed by atoms with E-state index in [0.29, 0.717) is 24.5 Å². The zero-order chi connectivity index (χ0) is 16.8. The lowest BCUT2D eigenvalue weighted by Crippen LogP contribution is -2.27. The van der Waals surface area contributed by atoms with Gasteiger partial charge in [0.2, 0.25) is 5.91 Å². The number of aryl methyl sites for hydroxylation is 1. The summed E-state index contributed by atoms with van der Waals surface area (Å²) in [6.45, 7) is 4.50. The fourth-order valence-electron chi connectivity index (χ4n) is 2.35. The van der Waals surface area contributed by atoms with E-state index in [2.05, 4.69) is 22.3 Å². The minimum Gasteiger partial charge on any atom is -0.496 e. The molecule has 0 spiro atoms. The minimum absolute atomic E-state index is 0.0858. The monoisotopic (exact) mass is 317 g/mol. The third-order valence-electron chi connectivity index (χ3n) is 3.84. The molecule has 2 rings (SSSR count). The molecule has 1 amide bonds. The van der Waals surface area contributed by atoms with Gasteiger partial charge in [0.25, 0.3) is 0 Å². The molecule has 0 radical (unpaired) electrons. The summed E-state index contributed by atoms with van der Waals surface area (Å²) in [7, 11) is 3.66. The van der Waals surface area contributed by atoms with Crippen LogP contribution in [0.2, 0.25) is 0 Å². The number of nitrogens with one attached hydrogen (secondary N) is 1. The Morgan fingerprint density at radius 1 is 1.43 bits per heavy atom. The van der Waals surface area contributed by atoms with Crippen LogP contribution in [-0.4, -0.2) is 36.7 Å². The standard InChI is InChI=1S/C17H23N3O3/c1-12-11-16(19-23-12)18-17(21)9-10-20(3)13(2)14-7-5-6-8-15(14)22-4/h5-8,11,13H,9-10H2,1-4H3,(H,18,19,21)/t13-/m0/s1. The van der Waals surface area contributed by atoms with Crippen LogP contribution in [0.5, 0.6) is 5.75 Å². The van der Waals surface area contributed by atoms with E-state index in [1.54, 1.807) is 20.1 Å². The zero-order valence-corrected chi connectivity index (χ0v) is 14.0. The maximum atomic E-state index is 12.0. The van der Waals surface area contributed by atoms with Gasteiger partial charge in [-0.2, -0.15) is 0 Å². The van der Waals surface area contributed by atoms with E-state index in [4.69, 9.17) is 9.26 Å². The second-order valence-electron chi connectivity index (χ2n) is 5.52. The first kappa shape index (κ1) is 17.0. The van der Waals surface area contributed by atoms with Crippen molar-refractivity contribution in [3.63, 3.8) is 0 Å². The summed E-state index contributed by atoms with van der Waals surface area (Å²) in [5, 5.41) is 6.48. The summed E-state index contributed by atoms with van der Waals surface area (Å²) >= 11 is 0. The van der Waals surface area contributed by atoms with Gasteiger partial charge in [0.05, 0.1) is 7.11 Å². The molecule has 0 unspecified atom stereocenters. The second kappa shape index (κ2) is 7.78. The Morgan fingerprint density at radius 3 is 2.83 bits per heavy atom. The highest BCUT2D eigenvalue weighted by molar-refractivity contribution is 5.89. The number of aromatic nitrogens is 1. The smallest absolute Gasteiger partial charge is 0.226 e. The van der Waals surface area contributed by atoms with Crippen molar-refractivity contribution < 1.29 is 14.1 Å². The van der Waals surface area contributed by atoms with Crippen LogP contribution >= 0.6 is 0 Å². The van der Waals surface area contributed by atoms with Crippen molar-refractivity contribution in [3.8, 4) is 5.75 Å². The van der Waals surface area contributed by atoms with Gasteiger partial charge in [0, 0.05) is 30.6 Å². The number of carbonyl (C=O) groups is 1. The van der Waals surface area contributed by atoms with Crippen LogP contribution in [0.3, 0.4) is 0 Å². The van der Waals surface area contributed by atoms with Crippen molar-refractivity contribution >= 4 is 11.7 Å². The Balaban J connectivity index is 1.88. The maximum absolute atomic E-state index is 12.0. The van der Waals surface area contributed by atoms with Crippen molar-refractivity contribution in [2.24, 2.45) is 0 Å². The zero-order valence-electron chi connectivity index (χ0n) is 14.0. The number of hydrogen-bond donors (Lipinski definition) is 1. The van der Waals surface area contributed by atoms with E-state index >= 15 is 0 Å². The van der Waals surface area contributed by atoms with E-state index in [0.717, 1.165) is 11.3 Å². The number of hydrogen-bond acceptors (Lipinski definition) is 5. The molecule has 6 nitrogen and oxygen atoms in total. The van der Waals surface area contributed by atoms with Crippen molar-refractivity contribution in [1.29, 1.82) is 0 Å². The fraction of sp³-hybridized carbons (Fsp3) is 0.412. The Hall–Kier alpha value is -2.34. The Labute approximate surface area is 136 Å². The molecule has 1 aromatic carbocycles. The average Bonchev–Trinajstić information content (AvgIpc) is 2.96. The Bertz CT molecular complexity index is 654. The molecule has 1 N–H and O–H groups in total. The SMILES string of the molecule is COc1ccccc1[C@H](C)N(C)CCC(=O)Nc1cc(C)on1. The predicted octanol–water partition coefficient (Wildman–Crippen LogP) is 3.01. The molecule has 0 saturated carbocycles. The highest BCUT2D eigenvalue weighted by atomic mass is 16.5. The molecule has 0 fully saturated rings. The van der Waals surface area contributed by atoms with Crippen LogP contribution in [0.25, 0.3) is 0 Å². The summed E-state index contributed by atoms with van der Waals surface area (Å²) in [5.41, 5.74) is 1.10. The van der Waals surface area contributed by atoms with Crippen LogP contribution in [-0.2, 0) is 4.79 Å². The normalized spacial score (nSPS) is 12.2. The summed E-state index contributed by atoms with van der Waals surface area (Å²) in [6, 6.07) is 9.76. The van der Waals surface area contributed by atoms with Gasteiger partial charge in [0.15, 0.2) is 5.82 Å². The molecule has 1 atom stereocenters. The summed E-state index contributed by atoms with van der Waals surface area (Å²) in [4.78, 5) is 14.1. The van der Waals surface area contributed by atoms with E-state index < -0.39 is 0 Å². The Kier molecular flexibility index (Phi) is 5.76. The summed E-state index contributed by atoms with van der Waals surface area (Å²) < 4.78 is 10.3. The first-order valence-corrected chi connectivity index (χ1v) is 7.57.